The van der Waals surface area contributed by atoms with Crippen LogP contribution in [0.15, 0.2) is 71.6 Å². The summed E-state index contributed by atoms with van der Waals surface area (Å²) >= 11 is 6.91. The zero-order valence-corrected chi connectivity index (χ0v) is 23.0. The highest BCUT2D eigenvalue weighted by Crippen LogP contribution is 2.45. The van der Waals surface area contributed by atoms with Crippen LogP contribution in [0, 0.1) is 0 Å². The summed E-state index contributed by atoms with van der Waals surface area (Å²) in [5.74, 6) is 0.218. The lowest BCUT2D eigenvalue weighted by Crippen LogP contribution is -2.26. The van der Waals surface area contributed by atoms with Crippen LogP contribution in [-0.2, 0) is 20.7 Å². The highest BCUT2D eigenvalue weighted by molar-refractivity contribution is 7.93. The van der Waals surface area contributed by atoms with Crippen molar-refractivity contribution in [3.63, 3.8) is 0 Å². The van der Waals surface area contributed by atoms with Gasteiger partial charge in [-0.25, -0.2) is 8.42 Å². The van der Waals surface area contributed by atoms with Gasteiger partial charge in [-0.15, -0.1) is 11.6 Å². The van der Waals surface area contributed by atoms with Gasteiger partial charge < -0.3 is 9.84 Å². The van der Waals surface area contributed by atoms with Crippen molar-refractivity contribution in [3.05, 3.63) is 89.0 Å². The number of phenols is 1. The Labute approximate surface area is 214 Å². The fraction of sp³-hybridized carbons (Fsp3) is 0.379. The first kappa shape index (κ1) is 27.1. The van der Waals surface area contributed by atoms with Gasteiger partial charge in [0.15, 0.2) is 14.5 Å². The molecule has 0 aliphatic heterocycles. The van der Waals surface area contributed by atoms with E-state index >= 15 is 0 Å². The SMILES string of the molecule is COc1ccc(C(c2cc(C(C)(C)C)c(O)c(C(C)(C)C)c2)C(Cl)S(=O)(=O)c2ccccc2)cc1. The Bertz CT molecular complexity index is 1230. The minimum absolute atomic E-state index is 0.171. The quantitative estimate of drug-likeness (QED) is 0.354. The third kappa shape index (κ3) is 5.68. The van der Waals surface area contributed by atoms with E-state index < -0.39 is 20.5 Å². The zero-order valence-electron chi connectivity index (χ0n) is 21.5. The predicted octanol–water partition coefficient (Wildman–Crippen LogP) is 7.17. The lowest BCUT2D eigenvalue weighted by atomic mass is 9.76. The van der Waals surface area contributed by atoms with Crippen LogP contribution in [-0.4, -0.2) is 25.3 Å². The van der Waals surface area contributed by atoms with Gasteiger partial charge in [0.2, 0.25) is 0 Å². The Morgan fingerprint density at radius 3 is 1.71 bits per heavy atom. The van der Waals surface area contributed by atoms with Crippen molar-refractivity contribution < 1.29 is 18.3 Å². The second-order valence-corrected chi connectivity index (χ2v) is 13.7. The number of halogens is 1. The third-order valence-electron chi connectivity index (χ3n) is 6.21. The van der Waals surface area contributed by atoms with E-state index in [0.29, 0.717) is 5.75 Å². The van der Waals surface area contributed by atoms with E-state index in [1.807, 2.05) is 65.8 Å². The molecule has 188 valence electrons. The first-order valence-corrected chi connectivity index (χ1v) is 13.6. The van der Waals surface area contributed by atoms with E-state index in [1.165, 1.54) is 0 Å². The molecule has 3 rings (SSSR count). The minimum Gasteiger partial charge on any atom is -0.507 e. The molecule has 4 nitrogen and oxygen atoms in total. The molecule has 35 heavy (non-hydrogen) atoms. The van der Waals surface area contributed by atoms with Crippen LogP contribution in [0.3, 0.4) is 0 Å². The number of benzene rings is 3. The van der Waals surface area contributed by atoms with Gasteiger partial charge >= 0.3 is 0 Å². The van der Waals surface area contributed by atoms with E-state index in [4.69, 9.17) is 16.3 Å². The third-order valence-corrected chi connectivity index (χ3v) is 8.96. The monoisotopic (exact) mass is 514 g/mol. The normalized spacial score (nSPS) is 14.4. The highest BCUT2D eigenvalue weighted by atomic mass is 35.5. The van der Waals surface area contributed by atoms with Crippen molar-refractivity contribution in [2.45, 2.75) is 67.9 Å². The predicted molar refractivity (Wildman–Crippen MR) is 144 cm³/mol. The number of hydrogen-bond acceptors (Lipinski definition) is 4. The van der Waals surface area contributed by atoms with Gasteiger partial charge in [-0.2, -0.15) is 0 Å². The Morgan fingerprint density at radius 2 is 1.29 bits per heavy atom. The number of rotatable bonds is 6. The maximum absolute atomic E-state index is 13.7. The summed E-state index contributed by atoms with van der Waals surface area (Å²) in [6.07, 6.45) is 0. The van der Waals surface area contributed by atoms with Crippen molar-refractivity contribution in [1.82, 2.24) is 0 Å². The van der Waals surface area contributed by atoms with E-state index in [2.05, 4.69) is 0 Å². The number of alkyl halides is 1. The first-order valence-electron chi connectivity index (χ1n) is 11.6. The Balaban J connectivity index is 2.32. The average molecular weight is 515 g/mol. The van der Waals surface area contributed by atoms with Crippen LogP contribution in [0.5, 0.6) is 11.5 Å². The number of sulfone groups is 1. The van der Waals surface area contributed by atoms with E-state index in [9.17, 15) is 13.5 Å². The van der Waals surface area contributed by atoms with Gasteiger partial charge in [0.1, 0.15) is 11.5 Å². The summed E-state index contributed by atoms with van der Waals surface area (Å²) < 4.78 is 31.4. The second kappa shape index (κ2) is 9.87. The molecule has 2 atom stereocenters. The van der Waals surface area contributed by atoms with E-state index in [-0.39, 0.29) is 21.5 Å². The number of phenolic OH excluding ortho intramolecular Hbond substituents is 1. The second-order valence-electron chi connectivity index (χ2n) is 10.9. The molecule has 2 unspecified atom stereocenters. The van der Waals surface area contributed by atoms with Crippen LogP contribution in [0.4, 0.5) is 0 Å². The molecule has 0 aliphatic rings. The molecule has 0 fully saturated rings. The zero-order chi connectivity index (χ0) is 26.2. The number of hydrogen-bond donors (Lipinski definition) is 1. The molecule has 0 bridgehead atoms. The number of aromatic hydroxyl groups is 1. The molecule has 1 N–H and O–H groups in total. The molecule has 6 heteroatoms. The van der Waals surface area contributed by atoms with Crippen LogP contribution < -0.4 is 4.74 Å². The first-order chi connectivity index (χ1) is 16.2. The largest absolute Gasteiger partial charge is 0.507 e. The fourth-order valence-electron chi connectivity index (χ4n) is 4.21. The number of ether oxygens (including phenoxy) is 1. The smallest absolute Gasteiger partial charge is 0.196 e. The summed E-state index contributed by atoms with van der Waals surface area (Å²) in [5, 5.41) is 11.2. The summed E-state index contributed by atoms with van der Waals surface area (Å²) in [6, 6.07) is 19.4. The molecule has 0 spiro atoms. The van der Waals surface area contributed by atoms with Crippen molar-refractivity contribution in [2.24, 2.45) is 0 Å². The molecular weight excluding hydrogens is 480 g/mol. The molecule has 0 amide bonds. The Hall–Kier alpha value is -2.50. The molecule has 0 heterocycles. The van der Waals surface area contributed by atoms with E-state index in [0.717, 1.165) is 22.3 Å². The van der Waals surface area contributed by atoms with Gasteiger partial charge in [0, 0.05) is 5.92 Å². The Morgan fingerprint density at radius 1 is 0.800 bits per heavy atom. The number of methoxy groups -OCH3 is 1. The fourth-order valence-corrected chi connectivity index (χ4v) is 6.27. The van der Waals surface area contributed by atoms with Crippen LogP contribution in [0.25, 0.3) is 0 Å². The van der Waals surface area contributed by atoms with Crippen LogP contribution in [0.1, 0.15) is 69.7 Å². The van der Waals surface area contributed by atoms with Gasteiger partial charge in [-0.05, 0) is 57.3 Å². The molecule has 0 saturated heterocycles. The molecule has 0 radical (unpaired) electrons. The molecule has 0 aliphatic carbocycles. The Kier molecular flexibility index (Phi) is 7.64. The van der Waals surface area contributed by atoms with Crippen molar-refractivity contribution in [2.75, 3.05) is 7.11 Å². The molecule has 0 aromatic heterocycles. The maximum atomic E-state index is 13.7. The van der Waals surface area contributed by atoms with Gasteiger partial charge in [0.05, 0.1) is 12.0 Å². The van der Waals surface area contributed by atoms with Gasteiger partial charge in [-0.3, -0.25) is 0 Å². The topological polar surface area (TPSA) is 63.6 Å². The summed E-state index contributed by atoms with van der Waals surface area (Å²) in [6.45, 7) is 12.2. The summed E-state index contributed by atoms with van der Waals surface area (Å²) in [5.41, 5.74) is 2.24. The van der Waals surface area contributed by atoms with Crippen LogP contribution in [0.2, 0.25) is 0 Å². The highest BCUT2D eigenvalue weighted by Gasteiger charge is 2.37. The lowest BCUT2D eigenvalue weighted by Gasteiger charge is -2.31. The standard InChI is InChI=1S/C29H35ClO4S/c1-28(2,3)23-17-20(18-24(26(23)31)29(4,5)6)25(19-13-15-21(34-7)16-14-19)27(30)35(32,33)22-11-9-8-10-12-22/h8-18,25,27,31H,1-7H3. The van der Waals surface area contributed by atoms with Gasteiger partial charge in [0.25, 0.3) is 0 Å². The van der Waals surface area contributed by atoms with Gasteiger partial charge in [-0.1, -0.05) is 84.0 Å². The molecule has 0 saturated carbocycles. The summed E-state index contributed by atoms with van der Waals surface area (Å²) in [4.78, 5) is 0.171. The van der Waals surface area contributed by atoms with Crippen molar-refractivity contribution in [3.8, 4) is 11.5 Å². The van der Waals surface area contributed by atoms with Crippen molar-refractivity contribution in [1.29, 1.82) is 0 Å². The minimum atomic E-state index is -3.89. The average Bonchev–Trinajstić information content (AvgIpc) is 2.79. The molecular formula is C29H35ClO4S. The maximum Gasteiger partial charge on any atom is 0.196 e. The molecule has 3 aromatic rings. The molecule has 3 aromatic carbocycles. The lowest BCUT2D eigenvalue weighted by molar-refractivity contribution is 0.414. The van der Waals surface area contributed by atoms with E-state index in [1.54, 1.807) is 49.6 Å². The summed E-state index contributed by atoms with van der Waals surface area (Å²) in [7, 11) is -2.30. The van der Waals surface area contributed by atoms with Crippen molar-refractivity contribution >= 4 is 21.4 Å². The van der Waals surface area contributed by atoms with Crippen LogP contribution >= 0.6 is 11.6 Å².